The quantitative estimate of drug-likeness (QED) is 0.764. The van der Waals surface area contributed by atoms with Crippen molar-refractivity contribution in [1.29, 1.82) is 0 Å². The molecule has 1 aliphatic carbocycles. The van der Waals surface area contributed by atoms with E-state index in [1.54, 1.807) is 0 Å². The molecule has 17 heavy (non-hydrogen) atoms. The van der Waals surface area contributed by atoms with Crippen molar-refractivity contribution in [3.63, 3.8) is 0 Å². The summed E-state index contributed by atoms with van der Waals surface area (Å²) >= 11 is 0. The Kier molecular flexibility index (Phi) is 3.69. The van der Waals surface area contributed by atoms with Crippen LogP contribution >= 0.6 is 0 Å². The molecule has 0 aromatic heterocycles. The largest absolute Gasteiger partial charge is 0.328 e. The van der Waals surface area contributed by atoms with E-state index < -0.39 is 0 Å². The molecule has 3 N–H and O–H groups in total. The maximum atomic E-state index is 5.98. The van der Waals surface area contributed by atoms with Crippen LogP contribution in [-0.4, -0.2) is 42.2 Å². The van der Waals surface area contributed by atoms with Gasteiger partial charge in [0.2, 0.25) is 0 Å². The Balaban J connectivity index is 1.51. The van der Waals surface area contributed by atoms with Gasteiger partial charge in [0.05, 0.1) is 0 Å². The molecule has 2 saturated heterocycles. The molecular formula is C14H27N3. The highest BCUT2D eigenvalue weighted by Crippen LogP contribution is 2.28. The second-order valence-corrected chi connectivity index (χ2v) is 6.27. The maximum absolute atomic E-state index is 5.98. The van der Waals surface area contributed by atoms with E-state index in [1.807, 2.05) is 0 Å². The van der Waals surface area contributed by atoms with Crippen molar-refractivity contribution in [3.05, 3.63) is 0 Å². The number of hydrogen-bond acceptors (Lipinski definition) is 3. The highest BCUT2D eigenvalue weighted by molar-refractivity contribution is 4.96. The van der Waals surface area contributed by atoms with E-state index in [0.717, 1.165) is 18.1 Å². The molecule has 3 nitrogen and oxygen atoms in total. The second-order valence-electron chi connectivity index (χ2n) is 6.27. The maximum Gasteiger partial charge on any atom is 0.0249 e. The Bertz CT molecular complexity index is 248. The third-order valence-electron chi connectivity index (χ3n) is 5.08. The predicted molar refractivity (Wildman–Crippen MR) is 71.0 cm³/mol. The number of piperidine rings is 1. The summed E-state index contributed by atoms with van der Waals surface area (Å²) in [5, 5.41) is 3.94. The molecule has 0 radical (unpaired) electrons. The van der Waals surface area contributed by atoms with Crippen LogP contribution in [-0.2, 0) is 0 Å². The van der Waals surface area contributed by atoms with Crippen molar-refractivity contribution in [1.82, 2.24) is 10.2 Å². The van der Waals surface area contributed by atoms with E-state index in [9.17, 15) is 0 Å². The summed E-state index contributed by atoms with van der Waals surface area (Å²) in [6, 6.07) is 2.85. The van der Waals surface area contributed by atoms with Crippen molar-refractivity contribution >= 4 is 0 Å². The Hall–Kier alpha value is -0.120. The summed E-state index contributed by atoms with van der Waals surface area (Å²) in [7, 11) is 0. The molecule has 98 valence electrons. The first-order chi connectivity index (χ1) is 8.33. The number of nitrogens with one attached hydrogen (secondary N) is 1. The second kappa shape index (κ2) is 5.25. The van der Waals surface area contributed by atoms with Gasteiger partial charge in [-0.3, -0.25) is 4.90 Å². The number of fused-ring (bicyclic) bond motifs is 1. The van der Waals surface area contributed by atoms with Gasteiger partial charge in [0.25, 0.3) is 0 Å². The van der Waals surface area contributed by atoms with Gasteiger partial charge in [-0.15, -0.1) is 0 Å². The van der Waals surface area contributed by atoms with E-state index in [4.69, 9.17) is 5.73 Å². The highest BCUT2D eigenvalue weighted by Gasteiger charge is 2.36. The van der Waals surface area contributed by atoms with Crippen LogP contribution in [0.5, 0.6) is 0 Å². The zero-order valence-electron chi connectivity index (χ0n) is 10.9. The predicted octanol–water partition coefficient (Wildman–Crippen LogP) is 1.47. The molecule has 3 aliphatic rings. The van der Waals surface area contributed by atoms with Crippen LogP contribution in [0, 0.1) is 0 Å². The minimum atomic E-state index is 0.475. The van der Waals surface area contributed by atoms with Crippen LogP contribution in [0.25, 0.3) is 0 Å². The molecule has 0 amide bonds. The number of nitrogens with zero attached hydrogens (tertiary/aromatic N) is 1. The minimum absolute atomic E-state index is 0.475. The lowest BCUT2D eigenvalue weighted by Gasteiger charge is -2.36. The Morgan fingerprint density at radius 1 is 0.882 bits per heavy atom. The Morgan fingerprint density at radius 3 is 2.53 bits per heavy atom. The SMILES string of the molecule is NC1CCC(NC2CCN3CCCCC23)CC1. The fourth-order valence-corrected chi connectivity index (χ4v) is 4.03. The third kappa shape index (κ3) is 2.67. The van der Waals surface area contributed by atoms with Gasteiger partial charge in [-0.25, -0.2) is 0 Å². The van der Waals surface area contributed by atoms with E-state index >= 15 is 0 Å². The fourth-order valence-electron chi connectivity index (χ4n) is 4.03. The number of hydrogen-bond donors (Lipinski definition) is 2. The van der Waals surface area contributed by atoms with Gasteiger partial charge in [0.1, 0.15) is 0 Å². The van der Waals surface area contributed by atoms with Crippen LogP contribution in [0.4, 0.5) is 0 Å². The van der Waals surface area contributed by atoms with Gasteiger partial charge in [-0.1, -0.05) is 6.42 Å². The van der Waals surface area contributed by atoms with Gasteiger partial charge in [-0.2, -0.15) is 0 Å². The first-order valence-corrected chi connectivity index (χ1v) is 7.58. The lowest BCUT2D eigenvalue weighted by Crippen LogP contribution is -2.49. The average Bonchev–Trinajstić information content (AvgIpc) is 2.76. The molecule has 2 atom stereocenters. The van der Waals surface area contributed by atoms with Gasteiger partial charge >= 0.3 is 0 Å². The first-order valence-electron chi connectivity index (χ1n) is 7.58. The van der Waals surface area contributed by atoms with Gasteiger partial charge < -0.3 is 11.1 Å². The summed E-state index contributed by atoms with van der Waals surface area (Å²) < 4.78 is 0. The van der Waals surface area contributed by atoms with Gasteiger partial charge in [-0.05, 0) is 51.5 Å². The third-order valence-corrected chi connectivity index (χ3v) is 5.08. The molecule has 3 heteroatoms. The molecule has 0 bridgehead atoms. The highest BCUT2D eigenvalue weighted by atomic mass is 15.2. The standard InChI is InChI=1S/C14H27N3/c15-11-4-6-12(7-5-11)16-13-8-10-17-9-2-1-3-14(13)17/h11-14,16H,1-10,15H2. The summed E-state index contributed by atoms with van der Waals surface area (Å²) in [5.74, 6) is 0. The number of nitrogens with two attached hydrogens (primary N) is 1. The molecule has 1 saturated carbocycles. The minimum Gasteiger partial charge on any atom is -0.328 e. The fraction of sp³-hybridized carbons (Fsp3) is 1.00. The molecule has 3 rings (SSSR count). The smallest absolute Gasteiger partial charge is 0.0249 e. The molecule has 2 unspecified atom stereocenters. The van der Waals surface area contributed by atoms with Crippen molar-refractivity contribution in [2.24, 2.45) is 5.73 Å². The summed E-state index contributed by atoms with van der Waals surface area (Å²) in [6.07, 6.45) is 10.7. The van der Waals surface area contributed by atoms with Gasteiger partial charge in [0, 0.05) is 30.7 Å². The lowest BCUT2D eigenvalue weighted by molar-refractivity contribution is 0.171. The Labute approximate surface area is 105 Å². The molecule has 2 heterocycles. The van der Waals surface area contributed by atoms with Crippen molar-refractivity contribution < 1.29 is 0 Å². The molecule has 2 aliphatic heterocycles. The van der Waals surface area contributed by atoms with E-state index in [2.05, 4.69) is 10.2 Å². The van der Waals surface area contributed by atoms with Crippen LogP contribution in [0.3, 0.4) is 0 Å². The van der Waals surface area contributed by atoms with E-state index in [1.165, 1.54) is 64.5 Å². The van der Waals surface area contributed by atoms with Crippen molar-refractivity contribution in [2.75, 3.05) is 13.1 Å². The molecule has 0 spiro atoms. The molecule has 0 aromatic carbocycles. The van der Waals surface area contributed by atoms with Crippen molar-refractivity contribution in [3.8, 4) is 0 Å². The van der Waals surface area contributed by atoms with E-state index in [-0.39, 0.29) is 0 Å². The molecule has 3 fully saturated rings. The molecular weight excluding hydrogens is 210 g/mol. The summed E-state index contributed by atoms with van der Waals surface area (Å²) in [4.78, 5) is 2.72. The van der Waals surface area contributed by atoms with Crippen molar-refractivity contribution in [2.45, 2.75) is 75.5 Å². The first kappa shape index (κ1) is 11.9. The van der Waals surface area contributed by atoms with Crippen LogP contribution in [0.2, 0.25) is 0 Å². The van der Waals surface area contributed by atoms with Gasteiger partial charge in [0.15, 0.2) is 0 Å². The zero-order valence-corrected chi connectivity index (χ0v) is 10.9. The topological polar surface area (TPSA) is 41.3 Å². The molecule has 0 aromatic rings. The zero-order chi connectivity index (χ0) is 11.7. The Morgan fingerprint density at radius 2 is 1.71 bits per heavy atom. The summed E-state index contributed by atoms with van der Waals surface area (Å²) in [6.45, 7) is 2.67. The van der Waals surface area contributed by atoms with E-state index in [0.29, 0.717) is 6.04 Å². The van der Waals surface area contributed by atoms with Crippen LogP contribution in [0.15, 0.2) is 0 Å². The van der Waals surface area contributed by atoms with Crippen LogP contribution in [0.1, 0.15) is 51.4 Å². The van der Waals surface area contributed by atoms with Crippen LogP contribution < -0.4 is 11.1 Å². The summed E-state index contributed by atoms with van der Waals surface area (Å²) in [5.41, 5.74) is 5.98. The normalized spacial score (nSPS) is 43.6. The number of rotatable bonds is 2. The monoisotopic (exact) mass is 237 g/mol. The lowest BCUT2D eigenvalue weighted by atomic mass is 9.90. The average molecular weight is 237 g/mol.